The van der Waals surface area contributed by atoms with Crippen LogP contribution < -0.4 is 10.6 Å². The molecule has 0 amide bonds. The first-order valence-electron chi connectivity index (χ1n) is 6.18. The molecular formula is C13H18N4S. The molecule has 0 aliphatic carbocycles. The third-order valence-electron chi connectivity index (χ3n) is 2.81. The number of nitrogen functional groups attached to an aromatic ring is 1. The zero-order valence-corrected chi connectivity index (χ0v) is 11.6. The third kappa shape index (κ3) is 2.46. The molecule has 18 heavy (non-hydrogen) atoms. The van der Waals surface area contributed by atoms with Gasteiger partial charge in [-0.25, -0.2) is 0 Å². The Morgan fingerprint density at radius 2 is 2.22 bits per heavy atom. The Kier molecular flexibility index (Phi) is 4.15. The van der Waals surface area contributed by atoms with Crippen LogP contribution in [-0.2, 0) is 0 Å². The van der Waals surface area contributed by atoms with E-state index in [1.54, 1.807) is 6.20 Å². The number of nitrogens with zero attached hydrogens (tertiary/aromatic N) is 3. The van der Waals surface area contributed by atoms with Gasteiger partial charge in [-0.2, -0.15) is 4.37 Å². The van der Waals surface area contributed by atoms with E-state index in [1.165, 1.54) is 11.5 Å². The number of hydrogen-bond acceptors (Lipinski definition) is 5. The van der Waals surface area contributed by atoms with Crippen LogP contribution in [0.3, 0.4) is 0 Å². The van der Waals surface area contributed by atoms with Crippen LogP contribution in [0.5, 0.6) is 0 Å². The minimum absolute atomic E-state index is 0.595. The van der Waals surface area contributed by atoms with Crippen molar-refractivity contribution in [1.29, 1.82) is 0 Å². The van der Waals surface area contributed by atoms with Crippen molar-refractivity contribution >= 4 is 22.4 Å². The smallest absolute Gasteiger partial charge is 0.147 e. The maximum Gasteiger partial charge on any atom is 0.147 e. The lowest BCUT2D eigenvalue weighted by molar-refractivity contribution is 0.799. The van der Waals surface area contributed by atoms with Crippen molar-refractivity contribution in [3.8, 4) is 11.1 Å². The summed E-state index contributed by atoms with van der Waals surface area (Å²) in [5.74, 6) is 0.595. The molecule has 0 saturated heterocycles. The highest BCUT2D eigenvalue weighted by molar-refractivity contribution is 7.11. The second kappa shape index (κ2) is 5.82. The zero-order chi connectivity index (χ0) is 13.0. The van der Waals surface area contributed by atoms with E-state index in [9.17, 15) is 0 Å². The first-order chi connectivity index (χ1) is 8.77. The quantitative estimate of drug-likeness (QED) is 0.900. The summed E-state index contributed by atoms with van der Waals surface area (Å²) in [4.78, 5) is 6.47. The summed E-state index contributed by atoms with van der Waals surface area (Å²) in [6.07, 6.45) is 4.71. The fourth-order valence-corrected chi connectivity index (χ4v) is 2.89. The van der Waals surface area contributed by atoms with Gasteiger partial charge in [0.1, 0.15) is 10.8 Å². The van der Waals surface area contributed by atoms with Gasteiger partial charge in [0, 0.05) is 31.0 Å². The molecule has 0 bridgehead atoms. The fourth-order valence-electron chi connectivity index (χ4n) is 1.96. The van der Waals surface area contributed by atoms with Gasteiger partial charge in [0.25, 0.3) is 0 Å². The molecular weight excluding hydrogens is 244 g/mol. The molecule has 96 valence electrons. The normalized spacial score (nSPS) is 10.6. The molecule has 2 aromatic rings. The first-order valence-corrected chi connectivity index (χ1v) is 6.95. The number of anilines is 2. The molecule has 4 nitrogen and oxygen atoms in total. The van der Waals surface area contributed by atoms with Crippen LogP contribution in [0.25, 0.3) is 11.1 Å². The largest absolute Gasteiger partial charge is 0.382 e. The van der Waals surface area contributed by atoms with E-state index in [0.717, 1.165) is 35.6 Å². The van der Waals surface area contributed by atoms with Crippen LogP contribution in [0.4, 0.5) is 10.8 Å². The number of aromatic nitrogens is 2. The molecule has 2 N–H and O–H groups in total. The lowest BCUT2D eigenvalue weighted by atomic mass is 10.1. The van der Waals surface area contributed by atoms with Gasteiger partial charge in [0.05, 0.1) is 5.56 Å². The maximum atomic E-state index is 6.01. The minimum atomic E-state index is 0.595. The van der Waals surface area contributed by atoms with E-state index >= 15 is 0 Å². The van der Waals surface area contributed by atoms with Crippen molar-refractivity contribution in [3.05, 3.63) is 24.5 Å². The van der Waals surface area contributed by atoms with Crippen molar-refractivity contribution in [1.82, 2.24) is 9.36 Å². The van der Waals surface area contributed by atoms with E-state index < -0.39 is 0 Å². The molecule has 0 spiro atoms. The van der Waals surface area contributed by atoms with Gasteiger partial charge in [-0.3, -0.25) is 4.98 Å². The Balaban J connectivity index is 2.44. The number of rotatable bonds is 5. The molecule has 2 rings (SSSR count). The minimum Gasteiger partial charge on any atom is -0.382 e. The first kappa shape index (κ1) is 12.8. The molecule has 0 fully saturated rings. The topological polar surface area (TPSA) is 55.0 Å². The molecule has 2 heterocycles. The monoisotopic (exact) mass is 262 g/mol. The van der Waals surface area contributed by atoms with E-state index in [1.807, 2.05) is 18.3 Å². The molecule has 0 aliphatic rings. The van der Waals surface area contributed by atoms with Crippen LogP contribution in [-0.4, -0.2) is 22.4 Å². The average Bonchev–Trinajstić information content (AvgIpc) is 2.79. The Morgan fingerprint density at radius 3 is 2.83 bits per heavy atom. The lowest BCUT2D eigenvalue weighted by Crippen LogP contribution is -2.22. The van der Waals surface area contributed by atoms with Crippen molar-refractivity contribution in [3.63, 3.8) is 0 Å². The van der Waals surface area contributed by atoms with Crippen LogP contribution in [0.2, 0.25) is 0 Å². The molecule has 0 aliphatic heterocycles. The summed E-state index contributed by atoms with van der Waals surface area (Å²) >= 11 is 1.47. The Morgan fingerprint density at radius 1 is 1.39 bits per heavy atom. The maximum absolute atomic E-state index is 6.01. The SMILES string of the molecule is CCCN(CC)c1snc(N)c1-c1cccnc1. The summed E-state index contributed by atoms with van der Waals surface area (Å²) < 4.78 is 4.29. The van der Waals surface area contributed by atoms with E-state index in [-0.39, 0.29) is 0 Å². The number of pyridine rings is 1. The summed E-state index contributed by atoms with van der Waals surface area (Å²) in [6.45, 7) is 6.31. The Hall–Kier alpha value is -1.62. The van der Waals surface area contributed by atoms with E-state index in [0.29, 0.717) is 5.82 Å². The van der Waals surface area contributed by atoms with Crippen LogP contribution >= 0.6 is 11.5 Å². The van der Waals surface area contributed by atoms with Gasteiger partial charge in [-0.05, 0) is 30.9 Å². The second-order valence-electron chi connectivity index (χ2n) is 4.07. The predicted molar refractivity (Wildman–Crippen MR) is 77.9 cm³/mol. The van der Waals surface area contributed by atoms with Crippen molar-refractivity contribution in [2.75, 3.05) is 23.7 Å². The molecule has 2 aromatic heterocycles. The molecule has 0 radical (unpaired) electrons. The van der Waals surface area contributed by atoms with Gasteiger partial charge in [-0.1, -0.05) is 13.0 Å². The second-order valence-corrected chi connectivity index (χ2v) is 4.82. The van der Waals surface area contributed by atoms with Gasteiger partial charge >= 0.3 is 0 Å². The third-order valence-corrected chi connectivity index (χ3v) is 3.74. The lowest BCUT2D eigenvalue weighted by Gasteiger charge is -2.21. The number of nitrogens with two attached hydrogens (primary N) is 1. The number of hydrogen-bond donors (Lipinski definition) is 1. The summed E-state index contributed by atoms with van der Waals surface area (Å²) in [7, 11) is 0. The van der Waals surface area contributed by atoms with Gasteiger partial charge < -0.3 is 10.6 Å². The highest BCUT2D eigenvalue weighted by Gasteiger charge is 2.17. The summed E-state index contributed by atoms with van der Waals surface area (Å²) in [6, 6.07) is 3.95. The Labute approximate surface area is 112 Å². The van der Waals surface area contributed by atoms with Gasteiger partial charge in [-0.15, -0.1) is 0 Å². The van der Waals surface area contributed by atoms with Gasteiger partial charge in [0.15, 0.2) is 0 Å². The van der Waals surface area contributed by atoms with Crippen LogP contribution in [0.15, 0.2) is 24.5 Å². The van der Waals surface area contributed by atoms with Crippen molar-refractivity contribution in [2.45, 2.75) is 20.3 Å². The summed E-state index contributed by atoms with van der Waals surface area (Å²) in [5, 5.41) is 1.14. The van der Waals surface area contributed by atoms with Crippen molar-refractivity contribution in [2.24, 2.45) is 0 Å². The van der Waals surface area contributed by atoms with E-state index in [2.05, 4.69) is 28.1 Å². The van der Waals surface area contributed by atoms with Gasteiger partial charge in [0.2, 0.25) is 0 Å². The molecule has 0 aromatic carbocycles. The van der Waals surface area contributed by atoms with Crippen LogP contribution in [0.1, 0.15) is 20.3 Å². The summed E-state index contributed by atoms with van der Waals surface area (Å²) in [5.41, 5.74) is 8.06. The zero-order valence-electron chi connectivity index (χ0n) is 10.8. The fraction of sp³-hybridized carbons (Fsp3) is 0.385. The average molecular weight is 262 g/mol. The van der Waals surface area contributed by atoms with E-state index in [4.69, 9.17) is 5.73 Å². The molecule has 0 unspecified atom stereocenters. The standard InChI is InChI=1S/C13H18N4S/c1-3-8-17(4-2)13-11(12(14)16-18-13)10-6-5-7-15-9-10/h5-7,9H,3-4,8H2,1-2H3,(H2,14,16). The molecule has 0 saturated carbocycles. The highest BCUT2D eigenvalue weighted by atomic mass is 32.1. The molecule has 0 atom stereocenters. The van der Waals surface area contributed by atoms with Crippen molar-refractivity contribution < 1.29 is 0 Å². The van der Waals surface area contributed by atoms with Crippen LogP contribution in [0, 0.1) is 0 Å². The predicted octanol–water partition coefficient (Wildman–Crippen LogP) is 3.02. The highest BCUT2D eigenvalue weighted by Crippen LogP contribution is 2.38. The Bertz CT molecular complexity index is 495. The molecule has 5 heteroatoms.